The van der Waals surface area contributed by atoms with Crippen LogP contribution in [0.2, 0.25) is 0 Å². The molecule has 0 amide bonds. The van der Waals surface area contributed by atoms with Crippen LogP contribution in [-0.2, 0) is 6.54 Å². The van der Waals surface area contributed by atoms with Crippen LogP contribution in [0.5, 0.6) is 17.2 Å². The lowest BCUT2D eigenvalue weighted by molar-refractivity contribution is 0.377. The highest BCUT2D eigenvalue weighted by Gasteiger charge is 2.16. The molecule has 5 heteroatoms. The third-order valence-corrected chi connectivity index (χ3v) is 3.95. The van der Waals surface area contributed by atoms with Gasteiger partial charge in [-0.15, -0.1) is 11.3 Å². The van der Waals surface area contributed by atoms with Crippen LogP contribution in [-0.4, -0.2) is 28.4 Å². The van der Waals surface area contributed by atoms with Gasteiger partial charge in [0, 0.05) is 29.1 Å². The van der Waals surface area contributed by atoms with Gasteiger partial charge in [-0.25, -0.2) is 0 Å². The summed E-state index contributed by atoms with van der Waals surface area (Å²) in [7, 11) is 6.87. The second kappa shape index (κ2) is 6.63. The Balaban J connectivity index is 2.52. The molecule has 1 heterocycles. The standard InChI is InChI=1S/C15H19NO3S/c1-16-8-12-5-10(9-20-12)15-13(18-3)6-11(17-2)7-14(15)19-4/h5-7,9,16H,8H2,1-4H3. The Hall–Kier alpha value is -1.72. The number of nitrogens with one attached hydrogen (secondary N) is 1. The molecule has 0 radical (unpaired) electrons. The minimum atomic E-state index is 0.716. The third kappa shape index (κ3) is 2.89. The Labute approximate surface area is 123 Å². The van der Waals surface area contributed by atoms with Crippen LogP contribution in [0.4, 0.5) is 0 Å². The van der Waals surface area contributed by atoms with Crippen molar-refractivity contribution in [2.45, 2.75) is 6.54 Å². The maximum absolute atomic E-state index is 5.48. The summed E-state index contributed by atoms with van der Waals surface area (Å²) in [6.07, 6.45) is 0. The van der Waals surface area contributed by atoms with E-state index in [0.29, 0.717) is 5.75 Å². The molecule has 0 spiro atoms. The highest BCUT2D eigenvalue weighted by molar-refractivity contribution is 7.10. The highest BCUT2D eigenvalue weighted by Crippen LogP contribution is 2.43. The van der Waals surface area contributed by atoms with Crippen LogP contribution < -0.4 is 19.5 Å². The Bertz CT molecular complexity index is 555. The second-order valence-corrected chi connectivity index (χ2v) is 5.23. The van der Waals surface area contributed by atoms with Gasteiger partial charge in [-0.2, -0.15) is 0 Å². The molecule has 0 aliphatic heterocycles. The van der Waals surface area contributed by atoms with Crippen LogP contribution in [0, 0.1) is 0 Å². The van der Waals surface area contributed by atoms with Gasteiger partial charge in [0.1, 0.15) is 17.2 Å². The molecule has 4 nitrogen and oxygen atoms in total. The summed E-state index contributed by atoms with van der Waals surface area (Å²) in [6, 6.07) is 5.88. The van der Waals surface area contributed by atoms with E-state index in [1.54, 1.807) is 32.7 Å². The largest absolute Gasteiger partial charge is 0.496 e. The van der Waals surface area contributed by atoms with Crippen molar-refractivity contribution < 1.29 is 14.2 Å². The zero-order valence-corrected chi connectivity index (χ0v) is 13.0. The number of hydrogen-bond acceptors (Lipinski definition) is 5. The van der Waals surface area contributed by atoms with Crippen molar-refractivity contribution in [2.24, 2.45) is 0 Å². The molecular formula is C15H19NO3S. The quantitative estimate of drug-likeness (QED) is 0.888. The van der Waals surface area contributed by atoms with Crippen LogP contribution in [0.15, 0.2) is 23.6 Å². The average molecular weight is 293 g/mol. The fourth-order valence-corrected chi connectivity index (χ4v) is 2.96. The monoisotopic (exact) mass is 293 g/mol. The van der Waals surface area contributed by atoms with E-state index in [9.17, 15) is 0 Å². The molecule has 0 atom stereocenters. The van der Waals surface area contributed by atoms with Gasteiger partial charge in [-0.05, 0) is 18.5 Å². The summed E-state index contributed by atoms with van der Waals surface area (Å²) in [4.78, 5) is 1.27. The third-order valence-electron chi connectivity index (χ3n) is 3.01. The van der Waals surface area contributed by atoms with Gasteiger partial charge in [0.15, 0.2) is 0 Å². The van der Waals surface area contributed by atoms with E-state index in [2.05, 4.69) is 16.8 Å². The summed E-state index contributed by atoms with van der Waals surface area (Å²) in [6.45, 7) is 0.853. The van der Waals surface area contributed by atoms with Gasteiger partial charge in [0.25, 0.3) is 0 Å². The van der Waals surface area contributed by atoms with Gasteiger partial charge in [0.2, 0.25) is 0 Å². The number of rotatable bonds is 6. The van der Waals surface area contributed by atoms with Crippen molar-refractivity contribution in [1.82, 2.24) is 5.32 Å². The Morgan fingerprint density at radius 1 is 1.00 bits per heavy atom. The minimum absolute atomic E-state index is 0.716. The average Bonchev–Trinajstić information content (AvgIpc) is 2.94. The van der Waals surface area contributed by atoms with E-state index in [-0.39, 0.29) is 0 Å². The first-order valence-corrected chi connectivity index (χ1v) is 7.13. The molecule has 2 rings (SSSR count). The van der Waals surface area contributed by atoms with E-state index in [4.69, 9.17) is 14.2 Å². The molecule has 0 aliphatic rings. The van der Waals surface area contributed by atoms with Gasteiger partial charge >= 0.3 is 0 Å². The summed E-state index contributed by atoms with van der Waals surface area (Å²) >= 11 is 1.71. The SMILES string of the molecule is CNCc1cc(-c2c(OC)cc(OC)cc2OC)cs1. The minimum Gasteiger partial charge on any atom is -0.496 e. The molecule has 0 aliphatic carbocycles. The van der Waals surface area contributed by atoms with Crippen LogP contribution >= 0.6 is 11.3 Å². The predicted octanol–water partition coefficient (Wildman–Crippen LogP) is 3.16. The van der Waals surface area contributed by atoms with Gasteiger partial charge in [-0.1, -0.05) is 0 Å². The lowest BCUT2D eigenvalue weighted by Crippen LogP contribution is -2.02. The van der Waals surface area contributed by atoms with Crippen molar-refractivity contribution in [1.29, 1.82) is 0 Å². The lowest BCUT2D eigenvalue weighted by atomic mass is 10.1. The zero-order chi connectivity index (χ0) is 14.5. The predicted molar refractivity (Wildman–Crippen MR) is 82.2 cm³/mol. The lowest BCUT2D eigenvalue weighted by Gasteiger charge is -2.14. The molecule has 2 aromatic rings. The first kappa shape index (κ1) is 14.7. The molecule has 1 aromatic carbocycles. The summed E-state index contributed by atoms with van der Waals surface area (Å²) in [5.74, 6) is 2.21. The van der Waals surface area contributed by atoms with E-state index in [1.165, 1.54) is 4.88 Å². The first-order valence-electron chi connectivity index (χ1n) is 6.25. The second-order valence-electron chi connectivity index (χ2n) is 4.24. The zero-order valence-electron chi connectivity index (χ0n) is 12.1. The van der Waals surface area contributed by atoms with Gasteiger partial charge in [-0.3, -0.25) is 0 Å². The van der Waals surface area contributed by atoms with E-state index >= 15 is 0 Å². The van der Waals surface area contributed by atoms with Crippen LogP contribution in [0.1, 0.15) is 4.88 Å². The molecule has 0 saturated heterocycles. The molecule has 0 fully saturated rings. The van der Waals surface area contributed by atoms with Gasteiger partial charge in [0.05, 0.1) is 26.9 Å². The Kier molecular flexibility index (Phi) is 4.87. The van der Waals surface area contributed by atoms with Crippen LogP contribution in [0.3, 0.4) is 0 Å². The van der Waals surface area contributed by atoms with Crippen molar-refractivity contribution in [3.8, 4) is 28.4 Å². The molecule has 0 bridgehead atoms. The summed E-state index contributed by atoms with van der Waals surface area (Å²) in [5, 5.41) is 5.26. The molecule has 108 valence electrons. The fourth-order valence-electron chi connectivity index (χ4n) is 2.07. The van der Waals surface area contributed by atoms with Crippen molar-refractivity contribution in [3.63, 3.8) is 0 Å². The Morgan fingerprint density at radius 2 is 1.65 bits per heavy atom. The van der Waals surface area contributed by atoms with Crippen molar-refractivity contribution >= 4 is 11.3 Å². The number of hydrogen-bond donors (Lipinski definition) is 1. The first-order chi connectivity index (χ1) is 9.73. The highest BCUT2D eigenvalue weighted by atomic mass is 32.1. The summed E-state index contributed by atoms with van der Waals surface area (Å²) in [5.41, 5.74) is 2.05. The number of thiophene rings is 1. The number of benzene rings is 1. The fraction of sp³-hybridized carbons (Fsp3) is 0.333. The maximum Gasteiger partial charge on any atom is 0.134 e. The normalized spacial score (nSPS) is 10.4. The smallest absolute Gasteiger partial charge is 0.134 e. The van der Waals surface area contributed by atoms with E-state index in [1.807, 2.05) is 19.2 Å². The molecule has 20 heavy (non-hydrogen) atoms. The molecule has 0 saturated carbocycles. The molecule has 1 N–H and O–H groups in total. The maximum atomic E-state index is 5.48. The van der Waals surface area contributed by atoms with Crippen LogP contribution in [0.25, 0.3) is 11.1 Å². The molecular weight excluding hydrogens is 274 g/mol. The number of methoxy groups -OCH3 is 3. The topological polar surface area (TPSA) is 39.7 Å². The van der Waals surface area contributed by atoms with Crippen molar-refractivity contribution in [2.75, 3.05) is 28.4 Å². The number of ether oxygens (including phenoxy) is 3. The molecule has 0 unspecified atom stereocenters. The van der Waals surface area contributed by atoms with Crippen molar-refractivity contribution in [3.05, 3.63) is 28.5 Å². The van der Waals surface area contributed by atoms with E-state index < -0.39 is 0 Å². The molecule has 1 aromatic heterocycles. The van der Waals surface area contributed by atoms with Gasteiger partial charge < -0.3 is 19.5 Å². The van der Waals surface area contributed by atoms with E-state index in [0.717, 1.165) is 29.2 Å². The summed E-state index contributed by atoms with van der Waals surface area (Å²) < 4.78 is 16.2. The Morgan fingerprint density at radius 3 is 2.15 bits per heavy atom.